The number of fused-ring (bicyclic) bond motifs is 1. The quantitative estimate of drug-likeness (QED) is 0.626. The van der Waals surface area contributed by atoms with E-state index in [0.29, 0.717) is 11.3 Å². The molecule has 3 aromatic carbocycles. The number of hydrogen-bond acceptors (Lipinski definition) is 2. The highest BCUT2D eigenvalue weighted by molar-refractivity contribution is 8.00. The third-order valence-corrected chi connectivity index (χ3v) is 4.85. The van der Waals surface area contributed by atoms with Crippen LogP contribution in [0.2, 0.25) is 0 Å². The van der Waals surface area contributed by atoms with Gasteiger partial charge in [-0.1, -0.05) is 48.5 Å². The number of amides is 1. The van der Waals surface area contributed by atoms with Crippen LogP contribution >= 0.6 is 11.8 Å². The average molecular weight is 339 g/mol. The molecule has 0 aliphatic heterocycles. The Morgan fingerprint density at radius 1 is 1.00 bits per heavy atom. The lowest BCUT2D eigenvalue weighted by Crippen LogP contribution is -2.28. The number of benzene rings is 3. The zero-order valence-electron chi connectivity index (χ0n) is 13.4. The number of thioether (sulfide) groups is 1. The van der Waals surface area contributed by atoms with Crippen molar-refractivity contribution in [3.8, 4) is 0 Å². The van der Waals surface area contributed by atoms with E-state index in [1.54, 1.807) is 30.1 Å². The molecule has 0 aliphatic rings. The Labute approximate surface area is 145 Å². The highest BCUT2D eigenvalue weighted by Gasteiger charge is 2.12. The van der Waals surface area contributed by atoms with Crippen LogP contribution in [0, 0.1) is 5.82 Å². The Hall–Kier alpha value is -2.33. The second kappa shape index (κ2) is 7.49. The topological polar surface area (TPSA) is 20.3 Å². The van der Waals surface area contributed by atoms with E-state index in [9.17, 15) is 9.18 Å². The zero-order valence-corrected chi connectivity index (χ0v) is 14.2. The number of nitrogens with zero attached hydrogens (tertiary/aromatic N) is 1. The van der Waals surface area contributed by atoms with Gasteiger partial charge in [0.25, 0.3) is 0 Å². The first-order valence-electron chi connectivity index (χ1n) is 7.72. The van der Waals surface area contributed by atoms with E-state index in [2.05, 4.69) is 24.3 Å². The van der Waals surface area contributed by atoms with Gasteiger partial charge in [0.2, 0.25) is 5.91 Å². The lowest BCUT2D eigenvalue weighted by atomic mass is 10.1. The maximum absolute atomic E-state index is 13.7. The van der Waals surface area contributed by atoms with Crippen molar-refractivity contribution in [3.63, 3.8) is 0 Å². The summed E-state index contributed by atoms with van der Waals surface area (Å²) in [6.45, 7) is 0.282. The number of rotatable bonds is 5. The Morgan fingerprint density at radius 3 is 2.50 bits per heavy atom. The molecule has 0 radical (unpaired) electrons. The van der Waals surface area contributed by atoms with Gasteiger partial charge >= 0.3 is 0 Å². The van der Waals surface area contributed by atoms with Crippen molar-refractivity contribution in [2.75, 3.05) is 12.8 Å². The van der Waals surface area contributed by atoms with E-state index in [0.717, 1.165) is 10.3 Å². The molecule has 24 heavy (non-hydrogen) atoms. The summed E-state index contributed by atoms with van der Waals surface area (Å²) in [7, 11) is 1.70. The van der Waals surface area contributed by atoms with Gasteiger partial charge in [-0.05, 0) is 29.0 Å². The van der Waals surface area contributed by atoms with Crippen LogP contribution in [0.3, 0.4) is 0 Å². The average Bonchev–Trinajstić information content (AvgIpc) is 2.61. The fourth-order valence-electron chi connectivity index (χ4n) is 2.48. The molecule has 0 aliphatic carbocycles. The molecule has 0 unspecified atom stereocenters. The summed E-state index contributed by atoms with van der Waals surface area (Å²) in [5.41, 5.74) is 0.532. The lowest BCUT2D eigenvalue weighted by molar-refractivity contribution is -0.127. The summed E-state index contributed by atoms with van der Waals surface area (Å²) in [4.78, 5) is 14.9. The van der Waals surface area contributed by atoms with Crippen LogP contribution < -0.4 is 0 Å². The van der Waals surface area contributed by atoms with Gasteiger partial charge in [-0.15, -0.1) is 11.8 Å². The standard InChI is InChI=1S/C20H18FNOS/c1-22(13-17-8-4-5-9-19(17)21)20(23)14-24-18-11-10-15-6-2-3-7-16(15)12-18/h2-12H,13-14H2,1H3. The number of halogens is 1. The largest absolute Gasteiger partial charge is 0.341 e. The van der Waals surface area contributed by atoms with E-state index in [1.807, 2.05) is 18.2 Å². The van der Waals surface area contributed by atoms with E-state index in [4.69, 9.17) is 0 Å². The fourth-order valence-corrected chi connectivity index (χ4v) is 3.37. The highest BCUT2D eigenvalue weighted by atomic mass is 32.2. The summed E-state index contributed by atoms with van der Waals surface area (Å²) in [5.74, 6) is 0.0410. The maximum Gasteiger partial charge on any atom is 0.232 e. The molecule has 0 N–H and O–H groups in total. The van der Waals surface area contributed by atoms with Crippen LogP contribution in [0.5, 0.6) is 0 Å². The fraction of sp³-hybridized carbons (Fsp3) is 0.150. The lowest BCUT2D eigenvalue weighted by Gasteiger charge is -2.17. The Kier molecular flexibility index (Phi) is 5.16. The van der Waals surface area contributed by atoms with Gasteiger partial charge in [0.1, 0.15) is 5.82 Å². The Bertz CT molecular complexity index is 865. The van der Waals surface area contributed by atoms with Crippen LogP contribution in [-0.4, -0.2) is 23.6 Å². The van der Waals surface area contributed by atoms with E-state index < -0.39 is 0 Å². The minimum absolute atomic E-state index is 0.0172. The van der Waals surface area contributed by atoms with Gasteiger partial charge in [-0.3, -0.25) is 4.79 Å². The first-order valence-corrected chi connectivity index (χ1v) is 8.71. The van der Waals surface area contributed by atoms with Gasteiger partial charge < -0.3 is 4.90 Å². The molecule has 0 saturated carbocycles. The molecule has 2 nitrogen and oxygen atoms in total. The molecule has 0 spiro atoms. The molecular formula is C20H18FNOS. The van der Waals surface area contributed by atoms with Crippen molar-refractivity contribution < 1.29 is 9.18 Å². The predicted octanol–water partition coefficient (Wildman–Crippen LogP) is 4.73. The predicted molar refractivity (Wildman–Crippen MR) is 97.5 cm³/mol. The smallest absolute Gasteiger partial charge is 0.232 e. The zero-order chi connectivity index (χ0) is 16.9. The molecule has 122 valence electrons. The van der Waals surface area contributed by atoms with E-state index in [1.165, 1.54) is 23.2 Å². The summed E-state index contributed by atoms with van der Waals surface area (Å²) < 4.78 is 13.7. The van der Waals surface area contributed by atoms with Crippen molar-refractivity contribution in [2.45, 2.75) is 11.4 Å². The molecular weight excluding hydrogens is 321 g/mol. The van der Waals surface area contributed by atoms with Gasteiger partial charge in [-0.2, -0.15) is 0 Å². The van der Waals surface area contributed by atoms with Gasteiger partial charge in [0, 0.05) is 24.1 Å². The van der Waals surface area contributed by atoms with Gasteiger partial charge in [0.05, 0.1) is 5.75 Å². The van der Waals surface area contributed by atoms with Crippen molar-refractivity contribution in [2.24, 2.45) is 0 Å². The van der Waals surface area contributed by atoms with Gasteiger partial charge in [-0.25, -0.2) is 4.39 Å². The van der Waals surface area contributed by atoms with Crippen molar-refractivity contribution >= 4 is 28.4 Å². The number of hydrogen-bond donors (Lipinski definition) is 0. The molecule has 0 heterocycles. The van der Waals surface area contributed by atoms with Crippen molar-refractivity contribution in [3.05, 3.63) is 78.1 Å². The summed E-state index contributed by atoms with van der Waals surface area (Å²) in [6, 6.07) is 20.9. The molecule has 0 bridgehead atoms. The minimum atomic E-state index is -0.278. The molecule has 0 saturated heterocycles. The third kappa shape index (κ3) is 3.95. The van der Waals surface area contributed by atoms with Crippen LogP contribution in [-0.2, 0) is 11.3 Å². The Morgan fingerprint density at radius 2 is 1.71 bits per heavy atom. The molecule has 1 amide bonds. The minimum Gasteiger partial charge on any atom is -0.341 e. The monoisotopic (exact) mass is 339 g/mol. The normalized spacial score (nSPS) is 10.8. The molecule has 0 aromatic heterocycles. The summed E-state index contributed by atoms with van der Waals surface area (Å²) in [6.07, 6.45) is 0. The maximum atomic E-state index is 13.7. The van der Waals surface area contributed by atoms with Crippen LogP contribution in [0.4, 0.5) is 4.39 Å². The molecule has 0 atom stereocenters. The van der Waals surface area contributed by atoms with Gasteiger partial charge in [0.15, 0.2) is 0 Å². The first-order chi connectivity index (χ1) is 11.6. The van der Waals surface area contributed by atoms with Crippen LogP contribution in [0.1, 0.15) is 5.56 Å². The third-order valence-electron chi connectivity index (χ3n) is 3.87. The highest BCUT2D eigenvalue weighted by Crippen LogP contribution is 2.24. The molecule has 0 fully saturated rings. The van der Waals surface area contributed by atoms with Crippen LogP contribution in [0.25, 0.3) is 10.8 Å². The van der Waals surface area contributed by atoms with Crippen molar-refractivity contribution in [1.82, 2.24) is 4.90 Å². The second-order valence-corrected chi connectivity index (χ2v) is 6.69. The summed E-state index contributed by atoms with van der Waals surface area (Å²) in [5, 5.41) is 2.35. The molecule has 4 heteroatoms. The Balaban J connectivity index is 1.60. The van der Waals surface area contributed by atoms with Crippen LogP contribution in [0.15, 0.2) is 71.6 Å². The SMILES string of the molecule is CN(Cc1ccccc1F)C(=O)CSc1ccc2ccccc2c1. The molecule has 3 aromatic rings. The number of carbonyl (C=O) groups excluding carboxylic acids is 1. The summed E-state index contributed by atoms with van der Waals surface area (Å²) >= 11 is 1.50. The van der Waals surface area contributed by atoms with E-state index in [-0.39, 0.29) is 18.3 Å². The second-order valence-electron chi connectivity index (χ2n) is 5.64. The molecule has 3 rings (SSSR count). The van der Waals surface area contributed by atoms with Crippen molar-refractivity contribution in [1.29, 1.82) is 0 Å². The van der Waals surface area contributed by atoms with E-state index >= 15 is 0 Å². The first kappa shape index (κ1) is 16.5. The number of carbonyl (C=O) groups is 1.